The summed E-state index contributed by atoms with van der Waals surface area (Å²) < 4.78 is 2.19. The highest BCUT2D eigenvalue weighted by atomic mass is 35.5. The number of nitrogens with one attached hydrogen (secondary N) is 1. The predicted octanol–water partition coefficient (Wildman–Crippen LogP) is 6.95. The second kappa shape index (κ2) is 8.17. The number of aryl methyl sites for hydroxylation is 1. The van der Waals surface area contributed by atoms with Gasteiger partial charge in [0.15, 0.2) is 0 Å². The van der Waals surface area contributed by atoms with Crippen LogP contribution < -0.4 is 5.32 Å². The van der Waals surface area contributed by atoms with Crippen molar-refractivity contribution >= 4 is 57.6 Å². The molecule has 4 nitrogen and oxygen atoms in total. The lowest BCUT2D eigenvalue weighted by molar-refractivity contribution is -0.117. The van der Waals surface area contributed by atoms with Crippen molar-refractivity contribution in [3.8, 4) is 11.1 Å². The van der Waals surface area contributed by atoms with Gasteiger partial charge in [-0.05, 0) is 49.4 Å². The Morgan fingerprint density at radius 2 is 2.03 bits per heavy atom. The fraction of sp³-hybridized carbons (Fsp3) is 0.364. The van der Waals surface area contributed by atoms with Crippen molar-refractivity contribution in [1.82, 2.24) is 9.55 Å². The van der Waals surface area contributed by atoms with E-state index >= 15 is 0 Å². The van der Waals surface area contributed by atoms with E-state index in [-0.39, 0.29) is 11.7 Å². The van der Waals surface area contributed by atoms with Crippen LogP contribution in [0.4, 0.5) is 5.95 Å². The van der Waals surface area contributed by atoms with E-state index in [1.54, 1.807) is 19.1 Å². The number of aromatic nitrogens is 2. The number of carbonyl (C=O) groups is 1. The van der Waals surface area contributed by atoms with Gasteiger partial charge in [-0.2, -0.15) is 0 Å². The van der Waals surface area contributed by atoms with Crippen molar-refractivity contribution in [3.63, 3.8) is 0 Å². The molecule has 1 aromatic heterocycles. The molecule has 0 aliphatic carbocycles. The van der Waals surface area contributed by atoms with E-state index in [0.29, 0.717) is 21.5 Å². The van der Waals surface area contributed by atoms with Gasteiger partial charge in [0.1, 0.15) is 11.3 Å². The minimum absolute atomic E-state index is 0.0832. The highest BCUT2D eigenvalue weighted by molar-refractivity contribution is 6.40. The van der Waals surface area contributed by atoms with Crippen molar-refractivity contribution in [2.24, 2.45) is 0 Å². The monoisotopic (exact) mass is 449 g/mol. The van der Waals surface area contributed by atoms with Gasteiger partial charge in [0, 0.05) is 40.7 Å². The molecule has 0 saturated carbocycles. The lowest BCUT2D eigenvalue weighted by Gasteiger charge is -2.21. The first-order valence-electron chi connectivity index (χ1n) is 9.82. The summed E-state index contributed by atoms with van der Waals surface area (Å²) in [5.74, 6) is 1.08. The quantitative estimate of drug-likeness (QED) is 0.457. The Kier molecular flexibility index (Phi) is 5.78. The minimum atomic E-state index is 0.0832. The molecular formula is C22H22Cl3N3O. The molecule has 152 valence electrons. The summed E-state index contributed by atoms with van der Waals surface area (Å²) in [6, 6.07) is 7.48. The predicted molar refractivity (Wildman–Crippen MR) is 122 cm³/mol. The molecule has 2 aromatic carbocycles. The van der Waals surface area contributed by atoms with Gasteiger partial charge in [-0.15, -0.1) is 0 Å². The maximum Gasteiger partial charge on any atom is 0.203 e. The maximum absolute atomic E-state index is 12.0. The summed E-state index contributed by atoms with van der Waals surface area (Å²) in [6.45, 7) is 5.51. The van der Waals surface area contributed by atoms with Crippen LogP contribution in [-0.4, -0.2) is 21.9 Å². The minimum Gasteiger partial charge on any atom is -0.356 e. The molecule has 29 heavy (non-hydrogen) atoms. The zero-order chi connectivity index (χ0) is 20.7. The molecular weight excluding hydrogens is 429 g/mol. The zero-order valence-corrected chi connectivity index (χ0v) is 18.6. The molecule has 0 spiro atoms. The number of fused-ring (bicyclic) bond motifs is 3. The average molecular weight is 451 g/mol. The number of rotatable bonds is 5. The van der Waals surface area contributed by atoms with E-state index in [9.17, 15) is 4.79 Å². The van der Waals surface area contributed by atoms with Crippen molar-refractivity contribution in [3.05, 3.63) is 44.9 Å². The average Bonchev–Trinajstić information content (AvgIpc) is 3.07. The smallest absolute Gasteiger partial charge is 0.203 e. The van der Waals surface area contributed by atoms with Crippen LogP contribution in [0.15, 0.2) is 24.3 Å². The summed E-state index contributed by atoms with van der Waals surface area (Å²) in [7, 11) is 0. The van der Waals surface area contributed by atoms with Crippen LogP contribution >= 0.6 is 34.8 Å². The van der Waals surface area contributed by atoms with E-state index in [1.807, 2.05) is 6.07 Å². The third-order valence-electron chi connectivity index (χ3n) is 5.51. The van der Waals surface area contributed by atoms with Gasteiger partial charge < -0.3 is 14.7 Å². The molecule has 0 saturated heterocycles. The van der Waals surface area contributed by atoms with Crippen molar-refractivity contribution in [2.75, 3.05) is 11.9 Å². The number of halogens is 3. The molecule has 0 radical (unpaired) electrons. The highest BCUT2D eigenvalue weighted by Crippen LogP contribution is 2.44. The molecule has 1 aliphatic rings. The maximum atomic E-state index is 12.0. The van der Waals surface area contributed by atoms with Gasteiger partial charge in [-0.25, -0.2) is 4.98 Å². The Morgan fingerprint density at radius 1 is 1.24 bits per heavy atom. The third-order valence-corrected chi connectivity index (χ3v) is 6.45. The van der Waals surface area contributed by atoms with Gasteiger partial charge in [0.05, 0.1) is 10.5 Å². The van der Waals surface area contributed by atoms with E-state index in [1.165, 1.54) is 0 Å². The molecule has 7 heteroatoms. The Hall–Kier alpha value is -1.75. The lowest BCUT2D eigenvalue weighted by Crippen LogP contribution is -2.17. The molecule has 0 fully saturated rings. The Morgan fingerprint density at radius 3 is 2.72 bits per heavy atom. The molecule has 1 N–H and O–H groups in total. The molecule has 1 unspecified atom stereocenters. The number of carbonyl (C=O) groups excluding carboxylic acids is 1. The van der Waals surface area contributed by atoms with Crippen LogP contribution in [0, 0.1) is 0 Å². The Labute approximate surface area is 185 Å². The first kappa shape index (κ1) is 20.5. The van der Waals surface area contributed by atoms with E-state index in [2.05, 4.69) is 22.9 Å². The first-order chi connectivity index (χ1) is 13.9. The normalized spacial score (nSPS) is 14.5. The molecule has 3 aromatic rings. The molecule has 0 bridgehead atoms. The Balaban J connectivity index is 2.03. The van der Waals surface area contributed by atoms with Gasteiger partial charge in [0.25, 0.3) is 0 Å². The summed E-state index contributed by atoms with van der Waals surface area (Å²) in [4.78, 5) is 16.8. The first-order valence-corrected chi connectivity index (χ1v) is 11.0. The number of hydrogen-bond donors (Lipinski definition) is 1. The van der Waals surface area contributed by atoms with E-state index in [4.69, 9.17) is 39.8 Å². The van der Waals surface area contributed by atoms with Crippen LogP contribution in [0.2, 0.25) is 15.1 Å². The second-order valence-corrected chi connectivity index (χ2v) is 8.75. The van der Waals surface area contributed by atoms with Gasteiger partial charge in [-0.3, -0.25) is 0 Å². The van der Waals surface area contributed by atoms with Crippen LogP contribution in [0.1, 0.15) is 44.6 Å². The fourth-order valence-electron chi connectivity index (χ4n) is 4.14. The number of nitrogens with zero attached hydrogens (tertiary/aromatic N) is 2. The summed E-state index contributed by atoms with van der Waals surface area (Å²) >= 11 is 19.5. The highest BCUT2D eigenvalue weighted by Gasteiger charge is 2.26. The molecule has 1 aliphatic heterocycles. The number of benzene rings is 2. The van der Waals surface area contributed by atoms with Crippen molar-refractivity contribution < 1.29 is 4.79 Å². The molecule has 0 amide bonds. The van der Waals surface area contributed by atoms with Crippen LogP contribution in [0.3, 0.4) is 0 Å². The number of imidazole rings is 1. The zero-order valence-electron chi connectivity index (χ0n) is 16.4. The van der Waals surface area contributed by atoms with Crippen LogP contribution in [0.5, 0.6) is 0 Å². The third kappa shape index (κ3) is 3.74. The molecule has 2 heterocycles. The number of Topliss-reactive ketones (excluding diaryl/α,β-unsaturated/α-hetero) is 1. The van der Waals surface area contributed by atoms with Crippen LogP contribution in [0.25, 0.3) is 22.2 Å². The summed E-state index contributed by atoms with van der Waals surface area (Å²) in [5.41, 5.74) is 4.47. The van der Waals surface area contributed by atoms with E-state index < -0.39 is 0 Å². The van der Waals surface area contributed by atoms with Gasteiger partial charge in [-0.1, -0.05) is 47.8 Å². The number of anilines is 1. The standard InChI is InChI=1S/C22H22Cl3N3O/c1-3-13(9-12(2)29)16-11-17(15-6-5-14(23)10-18(15)24)19(25)20-21(16)28-8-4-7-26-22(28)27-20/h5-6,10-11,13H,3-4,7-9H2,1-2H3,(H,26,27). The summed E-state index contributed by atoms with van der Waals surface area (Å²) in [5, 5.41) is 5.03. The van der Waals surface area contributed by atoms with Gasteiger partial charge in [0.2, 0.25) is 5.95 Å². The van der Waals surface area contributed by atoms with Crippen molar-refractivity contribution in [2.45, 2.75) is 45.6 Å². The topological polar surface area (TPSA) is 46.9 Å². The van der Waals surface area contributed by atoms with Gasteiger partial charge >= 0.3 is 0 Å². The Bertz CT molecular complexity index is 1110. The SMILES string of the molecule is CCC(CC(C)=O)c1cc(-c2ccc(Cl)cc2Cl)c(Cl)c2nc3n(c12)CCCN3. The van der Waals surface area contributed by atoms with Crippen molar-refractivity contribution in [1.29, 1.82) is 0 Å². The lowest BCUT2D eigenvalue weighted by atomic mass is 9.88. The number of hydrogen-bond acceptors (Lipinski definition) is 3. The van der Waals surface area contributed by atoms with Crippen LogP contribution in [-0.2, 0) is 11.3 Å². The number of ketones is 1. The molecule has 1 atom stereocenters. The van der Waals surface area contributed by atoms with E-state index in [0.717, 1.165) is 59.6 Å². The largest absolute Gasteiger partial charge is 0.356 e. The fourth-order valence-corrected chi connectivity index (χ4v) is 4.94. The molecule has 4 rings (SSSR count). The second-order valence-electron chi connectivity index (χ2n) is 7.53. The summed E-state index contributed by atoms with van der Waals surface area (Å²) in [6.07, 6.45) is 2.34.